The minimum Gasteiger partial charge on any atom is -0.462 e. The fourth-order valence-corrected chi connectivity index (χ4v) is 1.96. The van der Waals surface area contributed by atoms with E-state index < -0.39 is 0 Å². The molecule has 0 heterocycles. The predicted octanol–water partition coefficient (Wildman–Crippen LogP) is 4.58. The molecule has 0 aromatic heterocycles. The first-order valence-electron chi connectivity index (χ1n) is 7.33. The molecule has 1 aromatic rings. The molecule has 1 radical (unpaired) electrons. The van der Waals surface area contributed by atoms with Crippen molar-refractivity contribution in [3.63, 3.8) is 0 Å². The van der Waals surface area contributed by atoms with E-state index in [1.807, 2.05) is 24.3 Å². The summed E-state index contributed by atoms with van der Waals surface area (Å²) in [6.07, 6.45) is 7.44. The Kier molecular flexibility index (Phi) is 7.95. The quantitative estimate of drug-likeness (QED) is 0.480. The zero-order valence-electron chi connectivity index (χ0n) is 12.0. The van der Waals surface area contributed by atoms with Gasteiger partial charge in [0.25, 0.3) is 0 Å². The van der Waals surface area contributed by atoms with E-state index in [0.717, 1.165) is 32.1 Å². The molecule has 1 aromatic carbocycles. The van der Waals surface area contributed by atoms with E-state index in [1.54, 1.807) is 0 Å². The second kappa shape index (κ2) is 9.60. The topological polar surface area (TPSA) is 26.3 Å². The van der Waals surface area contributed by atoms with Crippen LogP contribution < -0.4 is 0 Å². The van der Waals surface area contributed by atoms with Crippen molar-refractivity contribution in [3.05, 3.63) is 42.3 Å². The van der Waals surface area contributed by atoms with Gasteiger partial charge in [-0.05, 0) is 37.0 Å². The number of hydrogen-bond donors (Lipinski definition) is 0. The third kappa shape index (κ3) is 6.42. The normalized spacial score (nSPS) is 10.4. The zero-order valence-corrected chi connectivity index (χ0v) is 12.0. The fourth-order valence-electron chi connectivity index (χ4n) is 1.96. The van der Waals surface area contributed by atoms with Crippen molar-refractivity contribution in [1.82, 2.24) is 0 Å². The average molecular weight is 261 g/mol. The fraction of sp³-hybridized carbons (Fsp3) is 0.529. The van der Waals surface area contributed by atoms with Gasteiger partial charge in [-0.15, -0.1) is 0 Å². The third-order valence-corrected chi connectivity index (χ3v) is 3.11. The maximum atomic E-state index is 11.9. The van der Waals surface area contributed by atoms with E-state index in [-0.39, 0.29) is 5.97 Å². The highest BCUT2D eigenvalue weighted by Gasteiger charge is 2.07. The molecule has 0 spiro atoms. The zero-order chi connectivity index (χ0) is 13.9. The lowest BCUT2D eigenvalue weighted by molar-refractivity contribution is 0.0497. The van der Waals surface area contributed by atoms with Crippen molar-refractivity contribution >= 4 is 5.97 Å². The summed E-state index contributed by atoms with van der Waals surface area (Å²) in [4.78, 5) is 11.9. The molecule has 19 heavy (non-hydrogen) atoms. The summed E-state index contributed by atoms with van der Waals surface area (Å²) >= 11 is 0. The molecule has 2 heteroatoms. The van der Waals surface area contributed by atoms with Gasteiger partial charge in [0.15, 0.2) is 0 Å². The van der Waals surface area contributed by atoms with Gasteiger partial charge < -0.3 is 4.74 Å². The molecule has 0 fully saturated rings. The highest BCUT2D eigenvalue weighted by molar-refractivity contribution is 5.89. The minimum absolute atomic E-state index is 0.201. The van der Waals surface area contributed by atoms with E-state index in [9.17, 15) is 4.79 Å². The van der Waals surface area contributed by atoms with Crippen LogP contribution >= 0.6 is 0 Å². The Morgan fingerprint density at radius 1 is 1.21 bits per heavy atom. The van der Waals surface area contributed by atoms with E-state index >= 15 is 0 Å². The van der Waals surface area contributed by atoms with Crippen LogP contribution in [-0.4, -0.2) is 12.6 Å². The Balaban J connectivity index is 2.38. The first-order chi connectivity index (χ1) is 9.27. The van der Waals surface area contributed by atoms with E-state index in [0.29, 0.717) is 12.2 Å². The van der Waals surface area contributed by atoms with Crippen LogP contribution in [0.5, 0.6) is 0 Å². The number of esters is 1. The molecular formula is C17H25O2. The molecule has 0 aliphatic rings. The van der Waals surface area contributed by atoms with Gasteiger partial charge in [0.2, 0.25) is 0 Å². The highest BCUT2D eigenvalue weighted by atomic mass is 16.5. The molecule has 0 saturated heterocycles. The van der Waals surface area contributed by atoms with Crippen LogP contribution in [0.15, 0.2) is 24.3 Å². The van der Waals surface area contributed by atoms with E-state index in [4.69, 9.17) is 4.74 Å². The molecule has 1 rings (SSSR count). The summed E-state index contributed by atoms with van der Waals surface area (Å²) in [7, 11) is 0. The molecule has 0 saturated carbocycles. The monoisotopic (exact) mass is 261 g/mol. The number of carbonyl (C=O) groups excluding carboxylic acids is 1. The van der Waals surface area contributed by atoms with Crippen molar-refractivity contribution in [3.8, 4) is 0 Å². The second-order valence-electron chi connectivity index (χ2n) is 4.85. The molecule has 0 amide bonds. The number of rotatable bonds is 9. The largest absolute Gasteiger partial charge is 0.462 e. The molecule has 0 unspecified atom stereocenters. The van der Waals surface area contributed by atoms with Crippen molar-refractivity contribution in [2.24, 2.45) is 0 Å². The predicted molar refractivity (Wildman–Crippen MR) is 79.2 cm³/mol. The summed E-state index contributed by atoms with van der Waals surface area (Å²) in [6.45, 7) is 6.53. The highest BCUT2D eigenvalue weighted by Crippen LogP contribution is 2.10. The van der Waals surface area contributed by atoms with Crippen molar-refractivity contribution < 1.29 is 9.53 Å². The van der Waals surface area contributed by atoms with Gasteiger partial charge in [-0.25, -0.2) is 4.79 Å². The van der Waals surface area contributed by atoms with Gasteiger partial charge >= 0.3 is 5.97 Å². The molecule has 105 valence electrons. The van der Waals surface area contributed by atoms with Crippen LogP contribution in [0.2, 0.25) is 0 Å². The van der Waals surface area contributed by atoms with E-state index in [1.165, 1.54) is 18.4 Å². The minimum atomic E-state index is -0.201. The first kappa shape index (κ1) is 15.7. The lowest BCUT2D eigenvalue weighted by Gasteiger charge is -2.06. The average Bonchev–Trinajstić information content (AvgIpc) is 2.45. The van der Waals surface area contributed by atoms with Crippen molar-refractivity contribution in [2.45, 2.75) is 51.9 Å². The van der Waals surface area contributed by atoms with Crippen molar-refractivity contribution in [1.29, 1.82) is 0 Å². The van der Waals surface area contributed by atoms with Gasteiger partial charge in [0.05, 0.1) is 12.2 Å². The number of ether oxygens (including phenoxy) is 1. The number of benzene rings is 1. The number of carbonyl (C=O) groups is 1. The van der Waals surface area contributed by atoms with Gasteiger partial charge in [0, 0.05) is 0 Å². The lowest BCUT2D eigenvalue weighted by atomic mass is 10.1. The lowest BCUT2D eigenvalue weighted by Crippen LogP contribution is -2.07. The first-order valence-corrected chi connectivity index (χ1v) is 7.33. The van der Waals surface area contributed by atoms with Crippen LogP contribution in [0, 0.1) is 6.92 Å². The Morgan fingerprint density at radius 2 is 2.05 bits per heavy atom. The Bertz CT molecular complexity index is 371. The van der Waals surface area contributed by atoms with Gasteiger partial charge in [0.1, 0.15) is 0 Å². The molecule has 0 N–H and O–H groups in total. The molecule has 0 aliphatic heterocycles. The Hall–Kier alpha value is -1.31. The standard InChI is InChI=1S/C17H25O2/c1-3-5-7-8-13-19-17(18)16-12-9-11-15(14-16)10-6-4-2/h9,11-12,14H,2-8,10,13H2,1H3. The molecule has 0 atom stereocenters. The molecule has 2 nitrogen and oxygen atoms in total. The summed E-state index contributed by atoms with van der Waals surface area (Å²) < 4.78 is 5.28. The summed E-state index contributed by atoms with van der Waals surface area (Å²) in [6, 6.07) is 7.73. The number of unbranched alkanes of at least 4 members (excludes halogenated alkanes) is 4. The van der Waals surface area contributed by atoms with Crippen LogP contribution in [0.4, 0.5) is 0 Å². The SMILES string of the molecule is [CH2]CCCc1cccc(C(=O)OCCCCCC)c1. The summed E-state index contributed by atoms with van der Waals surface area (Å²) in [5, 5.41) is 0. The summed E-state index contributed by atoms with van der Waals surface area (Å²) in [5.74, 6) is -0.201. The molecular weight excluding hydrogens is 236 g/mol. The smallest absolute Gasteiger partial charge is 0.338 e. The second-order valence-corrected chi connectivity index (χ2v) is 4.85. The maximum absolute atomic E-state index is 11.9. The number of aryl methyl sites for hydroxylation is 1. The van der Waals surface area contributed by atoms with Crippen LogP contribution in [0.1, 0.15) is 61.4 Å². The summed E-state index contributed by atoms with van der Waals surface area (Å²) in [5.41, 5.74) is 1.85. The van der Waals surface area contributed by atoms with Gasteiger partial charge in [-0.3, -0.25) is 0 Å². The molecule has 0 aliphatic carbocycles. The van der Waals surface area contributed by atoms with Crippen LogP contribution in [0.3, 0.4) is 0 Å². The Labute approximate surface area is 117 Å². The Morgan fingerprint density at radius 3 is 2.79 bits per heavy atom. The number of hydrogen-bond acceptors (Lipinski definition) is 2. The van der Waals surface area contributed by atoms with Crippen LogP contribution in [0.25, 0.3) is 0 Å². The van der Waals surface area contributed by atoms with Crippen molar-refractivity contribution in [2.75, 3.05) is 6.61 Å². The third-order valence-electron chi connectivity index (χ3n) is 3.11. The molecule has 0 bridgehead atoms. The van der Waals surface area contributed by atoms with E-state index in [2.05, 4.69) is 13.8 Å². The van der Waals surface area contributed by atoms with Gasteiger partial charge in [-0.1, -0.05) is 51.7 Å². The van der Waals surface area contributed by atoms with Crippen LogP contribution in [-0.2, 0) is 11.2 Å². The van der Waals surface area contributed by atoms with Gasteiger partial charge in [-0.2, -0.15) is 0 Å². The maximum Gasteiger partial charge on any atom is 0.338 e.